The monoisotopic (exact) mass is 424 g/mol. The molecule has 0 saturated carbocycles. The molecule has 4 heteroatoms. The summed E-state index contributed by atoms with van der Waals surface area (Å²) in [4.78, 5) is 12.7. The van der Waals surface area contributed by atoms with Crippen molar-refractivity contribution in [3.8, 4) is 33.8 Å². The number of carbonyl (C=O) groups excluding carboxylic acids is 1. The maximum absolute atomic E-state index is 14.7. The van der Waals surface area contributed by atoms with Crippen LogP contribution in [0.4, 0.5) is 4.39 Å². The topological polar surface area (TPSA) is 46.5 Å². The van der Waals surface area contributed by atoms with Crippen LogP contribution in [-0.4, -0.2) is 11.1 Å². The van der Waals surface area contributed by atoms with Gasteiger partial charge in [0.25, 0.3) is 0 Å². The SMILES string of the molecule is Cc1ccc(-c2ccc(C(=O)Oc3ccc4c(c3)C(C)c3cc(O)ccc3-4)c(F)c2)cc1. The number of phenolic OH excluding ortho intramolecular Hbond substituents is 1. The van der Waals surface area contributed by atoms with E-state index in [0.29, 0.717) is 11.3 Å². The lowest BCUT2D eigenvalue weighted by atomic mass is 9.99. The number of rotatable bonds is 3. The van der Waals surface area contributed by atoms with Gasteiger partial charge in [0, 0.05) is 5.92 Å². The fourth-order valence-electron chi connectivity index (χ4n) is 4.30. The zero-order valence-electron chi connectivity index (χ0n) is 17.7. The maximum Gasteiger partial charge on any atom is 0.346 e. The highest BCUT2D eigenvalue weighted by molar-refractivity contribution is 5.92. The molecule has 0 spiro atoms. The molecule has 1 N–H and O–H groups in total. The van der Waals surface area contributed by atoms with Crippen LogP contribution in [0.25, 0.3) is 22.3 Å². The number of ether oxygens (including phenoxy) is 1. The van der Waals surface area contributed by atoms with Crippen LogP contribution in [0.2, 0.25) is 0 Å². The molecule has 3 nitrogen and oxygen atoms in total. The van der Waals surface area contributed by atoms with E-state index in [1.54, 1.807) is 24.3 Å². The van der Waals surface area contributed by atoms with E-state index in [-0.39, 0.29) is 17.2 Å². The number of hydrogen-bond donors (Lipinski definition) is 1. The quantitative estimate of drug-likeness (QED) is 0.289. The number of esters is 1. The molecule has 0 fully saturated rings. The third-order valence-electron chi connectivity index (χ3n) is 6.07. The summed E-state index contributed by atoms with van der Waals surface area (Å²) in [5.74, 6) is -0.722. The van der Waals surface area contributed by atoms with Gasteiger partial charge in [-0.05, 0) is 76.7 Å². The normalized spacial score (nSPS) is 14.0. The van der Waals surface area contributed by atoms with Crippen molar-refractivity contribution in [2.45, 2.75) is 19.8 Å². The van der Waals surface area contributed by atoms with Gasteiger partial charge in [0.2, 0.25) is 0 Å². The van der Waals surface area contributed by atoms with E-state index < -0.39 is 11.8 Å². The van der Waals surface area contributed by atoms with Crippen LogP contribution in [-0.2, 0) is 0 Å². The van der Waals surface area contributed by atoms with Gasteiger partial charge < -0.3 is 9.84 Å². The summed E-state index contributed by atoms with van der Waals surface area (Å²) in [7, 11) is 0. The van der Waals surface area contributed by atoms with Gasteiger partial charge in [-0.1, -0.05) is 55.0 Å². The Balaban J connectivity index is 1.39. The van der Waals surface area contributed by atoms with Crippen LogP contribution in [0.15, 0.2) is 78.9 Å². The average Bonchev–Trinajstić information content (AvgIpc) is 3.05. The van der Waals surface area contributed by atoms with Gasteiger partial charge in [-0.3, -0.25) is 0 Å². The zero-order chi connectivity index (χ0) is 22.4. The Kier molecular flexibility index (Phi) is 4.78. The molecule has 0 amide bonds. The van der Waals surface area contributed by atoms with Gasteiger partial charge in [-0.25, -0.2) is 9.18 Å². The Bertz CT molecular complexity index is 1360. The lowest BCUT2D eigenvalue weighted by Gasteiger charge is -2.10. The third kappa shape index (κ3) is 3.44. The molecule has 158 valence electrons. The molecule has 1 aliphatic rings. The Labute approximate surface area is 185 Å². The van der Waals surface area contributed by atoms with E-state index >= 15 is 0 Å². The van der Waals surface area contributed by atoms with Crippen molar-refractivity contribution in [1.29, 1.82) is 0 Å². The Morgan fingerprint density at radius 3 is 2.22 bits per heavy atom. The molecular formula is C28H21FO3. The second-order valence-corrected chi connectivity index (χ2v) is 8.19. The van der Waals surface area contributed by atoms with Gasteiger partial charge in [0.1, 0.15) is 17.3 Å². The average molecular weight is 424 g/mol. The Morgan fingerprint density at radius 2 is 1.50 bits per heavy atom. The Hall–Kier alpha value is -3.92. The van der Waals surface area contributed by atoms with Crippen molar-refractivity contribution in [3.05, 3.63) is 107 Å². The van der Waals surface area contributed by atoms with E-state index in [4.69, 9.17) is 4.74 Å². The molecular weight excluding hydrogens is 403 g/mol. The van der Waals surface area contributed by atoms with E-state index in [2.05, 4.69) is 0 Å². The van der Waals surface area contributed by atoms with E-state index in [1.807, 2.05) is 56.3 Å². The van der Waals surface area contributed by atoms with Crippen LogP contribution in [0, 0.1) is 12.7 Å². The van der Waals surface area contributed by atoms with Gasteiger partial charge in [0.05, 0.1) is 5.56 Å². The highest BCUT2D eigenvalue weighted by Gasteiger charge is 2.26. The molecule has 0 bridgehead atoms. The van der Waals surface area contributed by atoms with Gasteiger partial charge in [0.15, 0.2) is 0 Å². The summed E-state index contributed by atoms with van der Waals surface area (Å²) in [6.07, 6.45) is 0. The highest BCUT2D eigenvalue weighted by Crippen LogP contribution is 2.46. The first kappa shape index (κ1) is 20.0. The first-order valence-corrected chi connectivity index (χ1v) is 10.5. The third-order valence-corrected chi connectivity index (χ3v) is 6.07. The molecule has 1 unspecified atom stereocenters. The molecule has 5 rings (SSSR count). The minimum absolute atomic E-state index is 0.0521. The van der Waals surface area contributed by atoms with Gasteiger partial charge >= 0.3 is 5.97 Å². The summed E-state index contributed by atoms with van der Waals surface area (Å²) in [5, 5.41) is 9.82. The standard InChI is InChI=1S/C28H21FO3/c1-16-3-5-18(6-4-16)19-7-10-24(27(29)13-19)28(31)32-21-9-12-23-22-11-8-20(30)14-25(22)17(2)26(23)15-21/h3-15,17,30H,1-2H3. The Morgan fingerprint density at radius 1 is 0.844 bits per heavy atom. The number of halogens is 1. The van der Waals surface area contributed by atoms with Gasteiger partial charge in [-0.15, -0.1) is 0 Å². The van der Waals surface area contributed by atoms with Crippen molar-refractivity contribution in [3.63, 3.8) is 0 Å². The summed E-state index contributed by atoms with van der Waals surface area (Å²) < 4.78 is 20.3. The first-order chi connectivity index (χ1) is 15.4. The predicted molar refractivity (Wildman–Crippen MR) is 123 cm³/mol. The second kappa shape index (κ2) is 7.65. The largest absolute Gasteiger partial charge is 0.508 e. The number of aryl methyl sites for hydroxylation is 1. The van der Waals surface area contributed by atoms with Crippen LogP contribution in [0.5, 0.6) is 11.5 Å². The number of aromatic hydroxyl groups is 1. The van der Waals surface area contributed by atoms with Crippen molar-refractivity contribution >= 4 is 5.97 Å². The summed E-state index contributed by atoms with van der Waals surface area (Å²) in [6, 6.07) is 23.0. The lowest BCUT2D eigenvalue weighted by Crippen LogP contribution is -2.11. The number of fused-ring (bicyclic) bond motifs is 3. The van der Waals surface area contributed by atoms with Crippen LogP contribution >= 0.6 is 0 Å². The summed E-state index contributed by atoms with van der Waals surface area (Å²) in [6.45, 7) is 4.03. The van der Waals surface area contributed by atoms with E-state index in [1.165, 1.54) is 12.1 Å². The smallest absolute Gasteiger partial charge is 0.346 e. The molecule has 4 aromatic carbocycles. The zero-order valence-corrected chi connectivity index (χ0v) is 17.7. The summed E-state index contributed by atoms with van der Waals surface area (Å²) >= 11 is 0. The molecule has 0 aromatic heterocycles. The predicted octanol–water partition coefficient (Wildman–Crippen LogP) is 6.86. The lowest BCUT2D eigenvalue weighted by molar-refractivity contribution is 0.0730. The van der Waals surface area contributed by atoms with Crippen molar-refractivity contribution in [2.24, 2.45) is 0 Å². The number of carbonyl (C=O) groups is 1. The van der Waals surface area contributed by atoms with Crippen molar-refractivity contribution in [1.82, 2.24) is 0 Å². The van der Waals surface area contributed by atoms with Crippen molar-refractivity contribution in [2.75, 3.05) is 0 Å². The van der Waals surface area contributed by atoms with E-state index in [9.17, 15) is 14.3 Å². The summed E-state index contributed by atoms with van der Waals surface area (Å²) in [5.41, 5.74) is 6.73. The molecule has 1 atom stereocenters. The fraction of sp³-hybridized carbons (Fsp3) is 0.107. The van der Waals surface area contributed by atoms with Crippen LogP contribution in [0.3, 0.4) is 0 Å². The molecule has 4 aromatic rings. The number of benzene rings is 4. The van der Waals surface area contributed by atoms with E-state index in [0.717, 1.165) is 33.4 Å². The minimum Gasteiger partial charge on any atom is -0.508 e. The number of hydrogen-bond acceptors (Lipinski definition) is 3. The number of phenols is 1. The van der Waals surface area contributed by atoms with Crippen LogP contribution < -0.4 is 4.74 Å². The molecule has 0 radical (unpaired) electrons. The fourth-order valence-corrected chi connectivity index (χ4v) is 4.30. The molecule has 0 aliphatic heterocycles. The van der Waals surface area contributed by atoms with Crippen molar-refractivity contribution < 1.29 is 19.0 Å². The molecule has 32 heavy (non-hydrogen) atoms. The minimum atomic E-state index is -0.737. The maximum atomic E-state index is 14.7. The molecule has 1 aliphatic carbocycles. The molecule has 0 heterocycles. The molecule has 0 saturated heterocycles. The van der Waals surface area contributed by atoms with Gasteiger partial charge in [-0.2, -0.15) is 0 Å². The van der Waals surface area contributed by atoms with Crippen LogP contribution in [0.1, 0.15) is 39.9 Å². The first-order valence-electron chi connectivity index (χ1n) is 10.5. The second-order valence-electron chi connectivity index (χ2n) is 8.19. The highest BCUT2D eigenvalue weighted by atomic mass is 19.1.